The van der Waals surface area contributed by atoms with Crippen LogP contribution in [0.15, 0.2) is 41.1 Å². The molecule has 0 bridgehead atoms. The number of hydrogen-bond acceptors (Lipinski definition) is 7. The summed E-state index contributed by atoms with van der Waals surface area (Å²) in [5.74, 6) is -0.261. The summed E-state index contributed by atoms with van der Waals surface area (Å²) in [5.41, 5.74) is 1.37. The lowest BCUT2D eigenvalue weighted by Crippen LogP contribution is -2.17. The first-order valence-electron chi connectivity index (χ1n) is 6.77. The van der Waals surface area contributed by atoms with Crippen molar-refractivity contribution < 1.29 is 22.4 Å². The highest BCUT2D eigenvalue weighted by Gasteiger charge is 2.31. The Hall–Kier alpha value is -2.62. The fraction of sp³-hybridized carbons (Fsp3) is 0.214. The van der Waals surface area contributed by atoms with E-state index in [1.54, 1.807) is 18.2 Å². The lowest BCUT2D eigenvalue weighted by Gasteiger charge is -2.14. The molecule has 0 saturated heterocycles. The highest BCUT2D eigenvalue weighted by atomic mass is 32.1. The molecule has 3 rings (SSSR count). The van der Waals surface area contributed by atoms with Gasteiger partial charge < -0.3 is 14.6 Å². The van der Waals surface area contributed by atoms with E-state index in [0.717, 1.165) is 5.56 Å². The Kier molecular flexibility index (Phi) is 4.38. The second kappa shape index (κ2) is 6.48. The van der Waals surface area contributed by atoms with Crippen LogP contribution in [0.4, 0.5) is 18.3 Å². The molecule has 1 unspecified atom stereocenters. The van der Waals surface area contributed by atoms with Crippen LogP contribution in [0.3, 0.4) is 0 Å². The van der Waals surface area contributed by atoms with Gasteiger partial charge in [0, 0.05) is 6.07 Å². The molecule has 1 atom stereocenters. The molecule has 0 spiro atoms. The maximum Gasteiger partial charge on any atom is 0.573 e. The summed E-state index contributed by atoms with van der Waals surface area (Å²) in [6.07, 6.45) is -3.26. The van der Waals surface area contributed by atoms with E-state index in [1.807, 2.05) is 6.92 Å². The third kappa shape index (κ3) is 4.02. The van der Waals surface area contributed by atoms with Crippen LogP contribution in [-0.4, -0.2) is 21.7 Å². The molecule has 0 saturated carbocycles. The van der Waals surface area contributed by atoms with Crippen LogP contribution >= 0.6 is 11.3 Å². The Labute approximate surface area is 138 Å². The summed E-state index contributed by atoms with van der Waals surface area (Å²) >= 11 is 1.30. The van der Waals surface area contributed by atoms with E-state index in [2.05, 4.69) is 25.4 Å². The van der Waals surface area contributed by atoms with Crippen molar-refractivity contribution in [2.75, 3.05) is 5.32 Å². The second-order valence-corrected chi connectivity index (χ2v) is 5.76. The number of hydrogen-bond donors (Lipinski definition) is 1. The molecular formula is C14H11F3N4O2S. The summed E-state index contributed by atoms with van der Waals surface area (Å²) in [6, 6.07) is 7.14. The van der Waals surface area contributed by atoms with Crippen molar-refractivity contribution in [2.45, 2.75) is 19.3 Å². The SMILES string of the molecule is CC(Nc1nnc(-c2ccon2)s1)c1ccc(OC(F)(F)F)cc1. The largest absolute Gasteiger partial charge is 0.573 e. The van der Waals surface area contributed by atoms with Gasteiger partial charge in [0.05, 0.1) is 6.04 Å². The van der Waals surface area contributed by atoms with Crippen molar-refractivity contribution in [1.29, 1.82) is 0 Å². The predicted octanol–water partition coefficient (Wildman–Crippen LogP) is 4.26. The van der Waals surface area contributed by atoms with Gasteiger partial charge in [0.2, 0.25) is 5.13 Å². The maximum absolute atomic E-state index is 12.1. The number of aromatic nitrogens is 3. The first-order chi connectivity index (χ1) is 11.4. The van der Waals surface area contributed by atoms with Gasteiger partial charge in [0.1, 0.15) is 17.7 Å². The predicted molar refractivity (Wildman–Crippen MR) is 80.6 cm³/mol. The average Bonchev–Trinajstić information content (AvgIpc) is 3.16. The molecule has 2 heterocycles. The molecule has 10 heteroatoms. The summed E-state index contributed by atoms with van der Waals surface area (Å²) < 4.78 is 45.0. The van der Waals surface area contributed by atoms with Gasteiger partial charge in [-0.15, -0.1) is 23.4 Å². The minimum absolute atomic E-state index is 0.178. The molecule has 2 aromatic heterocycles. The number of ether oxygens (including phenoxy) is 1. The van der Waals surface area contributed by atoms with Crippen molar-refractivity contribution in [2.24, 2.45) is 0 Å². The fourth-order valence-electron chi connectivity index (χ4n) is 1.93. The normalized spacial score (nSPS) is 12.8. The van der Waals surface area contributed by atoms with Crippen LogP contribution in [0.1, 0.15) is 18.5 Å². The molecule has 1 aromatic carbocycles. The zero-order chi connectivity index (χ0) is 17.2. The van der Waals surface area contributed by atoms with Gasteiger partial charge in [-0.3, -0.25) is 0 Å². The number of halogens is 3. The molecule has 126 valence electrons. The minimum Gasteiger partial charge on any atom is -0.406 e. The average molecular weight is 356 g/mol. The molecule has 0 amide bonds. The van der Waals surface area contributed by atoms with E-state index < -0.39 is 6.36 Å². The number of benzene rings is 1. The topological polar surface area (TPSA) is 73.1 Å². The van der Waals surface area contributed by atoms with Crippen LogP contribution in [0.5, 0.6) is 5.75 Å². The lowest BCUT2D eigenvalue weighted by molar-refractivity contribution is -0.274. The molecule has 0 radical (unpaired) electrons. The van der Waals surface area contributed by atoms with Crippen molar-refractivity contribution in [3.63, 3.8) is 0 Å². The zero-order valence-electron chi connectivity index (χ0n) is 12.2. The first-order valence-corrected chi connectivity index (χ1v) is 7.59. The zero-order valence-corrected chi connectivity index (χ0v) is 13.1. The lowest BCUT2D eigenvalue weighted by atomic mass is 10.1. The number of rotatable bonds is 5. The summed E-state index contributed by atoms with van der Waals surface area (Å²) in [7, 11) is 0. The molecule has 3 aromatic rings. The fourth-order valence-corrected chi connectivity index (χ4v) is 2.73. The minimum atomic E-state index is -4.70. The second-order valence-electron chi connectivity index (χ2n) is 4.78. The Morgan fingerprint density at radius 1 is 1.17 bits per heavy atom. The van der Waals surface area contributed by atoms with Crippen LogP contribution in [-0.2, 0) is 0 Å². The van der Waals surface area contributed by atoms with Crippen LogP contribution in [0.25, 0.3) is 10.7 Å². The number of nitrogens with zero attached hydrogens (tertiary/aromatic N) is 3. The Morgan fingerprint density at radius 2 is 1.92 bits per heavy atom. The third-order valence-corrected chi connectivity index (χ3v) is 3.91. The monoisotopic (exact) mass is 356 g/mol. The summed E-state index contributed by atoms with van der Waals surface area (Å²) in [6.45, 7) is 1.86. The number of alkyl halides is 3. The van der Waals surface area contributed by atoms with E-state index in [9.17, 15) is 13.2 Å². The van der Waals surface area contributed by atoms with Crippen LogP contribution < -0.4 is 10.1 Å². The van der Waals surface area contributed by atoms with Crippen molar-refractivity contribution >= 4 is 16.5 Å². The highest BCUT2D eigenvalue weighted by molar-refractivity contribution is 7.18. The molecule has 0 aliphatic rings. The van der Waals surface area contributed by atoms with E-state index in [1.165, 1.54) is 29.7 Å². The van der Waals surface area contributed by atoms with Crippen molar-refractivity contribution in [3.05, 3.63) is 42.2 Å². The number of anilines is 1. The van der Waals surface area contributed by atoms with Gasteiger partial charge >= 0.3 is 6.36 Å². The molecule has 1 N–H and O–H groups in total. The summed E-state index contributed by atoms with van der Waals surface area (Å²) in [5, 5.41) is 16.1. The molecule has 0 aliphatic heterocycles. The van der Waals surface area contributed by atoms with E-state index in [0.29, 0.717) is 15.8 Å². The molecule has 0 aliphatic carbocycles. The van der Waals surface area contributed by atoms with Crippen LogP contribution in [0.2, 0.25) is 0 Å². The summed E-state index contributed by atoms with van der Waals surface area (Å²) in [4.78, 5) is 0. The van der Waals surface area contributed by atoms with Crippen molar-refractivity contribution in [1.82, 2.24) is 15.4 Å². The highest BCUT2D eigenvalue weighted by Crippen LogP contribution is 2.29. The maximum atomic E-state index is 12.1. The Balaban J connectivity index is 1.65. The Bertz CT molecular complexity index is 787. The van der Waals surface area contributed by atoms with E-state index in [4.69, 9.17) is 4.52 Å². The van der Waals surface area contributed by atoms with Gasteiger partial charge in [-0.2, -0.15) is 0 Å². The van der Waals surface area contributed by atoms with Gasteiger partial charge in [-0.05, 0) is 24.6 Å². The Morgan fingerprint density at radius 3 is 2.54 bits per heavy atom. The van der Waals surface area contributed by atoms with Gasteiger partial charge in [0.15, 0.2) is 5.01 Å². The van der Waals surface area contributed by atoms with Gasteiger partial charge in [0.25, 0.3) is 0 Å². The van der Waals surface area contributed by atoms with Gasteiger partial charge in [-0.25, -0.2) is 0 Å². The third-order valence-electron chi connectivity index (χ3n) is 3.04. The standard InChI is InChI=1S/C14H11F3N4O2S/c1-8(9-2-4-10(5-3-9)23-14(15,16)17)18-13-20-19-12(24-13)11-6-7-22-21-11/h2-8H,1H3,(H,18,20). The molecular weight excluding hydrogens is 345 g/mol. The smallest absolute Gasteiger partial charge is 0.406 e. The van der Waals surface area contributed by atoms with Gasteiger partial charge in [-0.1, -0.05) is 28.6 Å². The molecule has 24 heavy (non-hydrogen) atoms. The molecule has 0 fully saturated rings. The molecule has 6 nitrogen and oxygen atoms in total. The quantitative estimate of drug-likeness (QED) is 0.736. The van der Waals surface area contributed by atoms with Crippen molar-refractivity contribution in [3.8, 4) is 16.5 Å². The first kappa shape index (κ1) is 16.2. The van der Waals surface area contributed by atoms with E-state index in [-0.39, 0.29) is 11.8 Å². The number of nitrogens with one attached hydrogen (secondary N) is 1. The van der Waals surface area contributed by atoms with Crippen LogP contribution in [0, 0.1) is 0 Å². The van der Waals surface area contributed by atoms with E-state index >= 15 is 0 Å².